The monoisotopic (exact) mass is 590 g/mol. The molecule has 1 saturated heterocycles. The summed E-state index contributed by atoms with van der Waals surface area (Å²) < 4.78 is 45.7. The highest BCUT2D eigenvalue weighted by Crippen LogP contribution is 2.34. The number of ether oxygens (including phenoxy) is 3. The molecule has 0 radical (unpaired) electrons. The Balaban J connectivity index is 1.38. The van der Waals surface area contributed by atoms with Crippen molar-refractivity contribution < 1.29 is 27.4 Å². The first-order valence-electron chi connectivity index (χ1n) is 12.8. The number of nitrogens with zero attached hydrogens (tertiary/aromatic N) is 2. The molecule has 0 N–H and O–H groups in total. The van der Waals surface area contributed by atoms with E-state index in [0.29, 0.717) is 36.1 Å². The third kappa shape index (κ3) is 6.41. The van der Waals surface area contributed by atoms with Gasteiger partial charge in [-0.2, -0.15) is 4.31 Å². The van der Waals surface area contributed by atoms with E-state index in [1.807, 2.05) is 11.4 Å². The Morgan fingerprint density at radius 2 is 1.87 bits per heavy atom. The maximum absolute atomic E-state index is 13.8. The number of halogens is 1. The molecule has 2 atom stereocenters. The van der Waals surface area contributed by atoms with Crippen LogP contribution in [0, 0.1) is 0 Å². The van der Waals surface area contributed by atoms with E-state index in [0.717, 1.165) is 18.4 Å². The highest BCUT2D eigenvalue weighted by atomic mass is 35.5. The predicted molar refractivity (Wildman–Crippen MR) is 150 cm³/mol. The summed E-state index contributed by atoms with van der Waals surface area (Å²) >= 11 is 7.67. The Morgan fingerprint density at radius 3 is 2.56 bits per heavy atom. The van der Waals surface area contributed by atoms with Gasteiger partial charge in [0.1, 0.15) is 18.1 Å². The van der Waals surface area contributed by atoms with Crippen LogP contribution in [-0.4, -0.2) is 69.6 Å². The fraction of sp³-hybridized carbons (Fsp3) is 0.393. The number of sulfonamides is 1. The van der Waals surface area contributed by atoms with Gasteiger partial charge >= 0.3 is 0 Å². The summed E-state index contributed by atoms with van der Waals surface area (Å²) in [5.74, 6) is 0.932. The predicted octanol–water partition coefficient (Wildman–Crippen LogP) is 4.78. The molecule has 1 fully saturated rings. The molecule has 3 heterocycles. The molecule has 1 aromatic heterocycles. The molecule has 3 aromatic rings. The van der Waals surface area contributed by atoms with Crippen molar-refractivity contribution in [2.24, 2.45) is 0 Å². The maximum Gasteiger partial charge on any atom is 0.243 e. The number of methoxy groups -OCH3 is 1. The normalized spacial score (nSPS) is 19.2. The number of rotatable bonds is 10. The van der Waals surface area contributed by atoms with Crippen molar-refractivity contribution in [1.82, 2.24) is 9.21 Å². The van der Waals surface area contributed by atoms with E-state index in [1.54, 1.807) is 52.6 Å². The molecule has 2 aliphatic heterocycles. The second-order valence-corrected chi connectivity index (χ2v) is 12.9. The molecule has 2 aliphatic rings. The van der Waals surface area contributed by atoms with E-state index in [4.69, 9.17) is 25.8 Å². The van der Waals surface area contributed by atoms with Gasteiger partial charge in [0.25, 0.3) is 0 Å². The summed E-state index contributed by atoms with van der Waals surface area (Å²) in [5, 5.41) is 2.63. The summed E-state index contributed by atoms with van der Waals surface area (Å²) in [5.41, 5.74) is 1.04. The van der Waals surface area contributed by atoms with Crippen LogP contribution >= 0.6 is 22.9 Å². The zero-order chi connectivity index (χ0) is 27.4. The van der Waals surface area contributed by atoms with Crippen molar-refractivity contribution in [3.8, 4) is 11.5 Å². The van der Waals surface area contributed by atoms with Gasteiger partial charge in [-0.05, 0) is 84.8 Å². The molecule has 208 valence electrons. The van der Waals surface area contributed by atoms with Gasteiger partial charge in [0, 0.05) is 29.6 Å². The fourth-order valence-corrected chi connectivity index (χ4v) is 7.46. The van der Waals surface area contributed by atoms with Gasteiger partial charge in [0.05, 0.1) is 30.7 Å². The highest BCUT2D eigenvalue weighted by molar-refractivity contribution is 7.89. The number of amides is 1. The van der Waals surface area contributed by atoms with Crippen molar-refractivity contribution >= 4 is 38.9 Å². The molecular formula is C28H31ClN2O6S2. The zero-order valence-corrected chi connectivity index (χ0v) is 24.0. The molecular weight excluding hydrogens is 560 g/mol. The summed E-state index contributed by atoms with van der Waals surface area (Å²) in [7, 11) is -2.44. The summed E-state index contributed by atoms with van der Waals surface area (Å²) in [6.45, 7) is 1.15. The smallest absolute Gasteiger partial charge is 0.243 e. The Bertz CT molecular complexity index is 1370. The second kappa shape index (κ2) is 12.3. The fourth-order valence-electron chi connectivity index (χ4n) is 4.98. The molecule has 39 heavy (non-hydrogen) atoms. The first kappa shape index (κ1) is 27.9. The van der Waals surface area contributed by atoms with Crippen molar-refractivity contribution in [2.75, 3.05) is 40.0 Å². The Labute approximate surface area is 238 Å². The molecule has 8 nitrogen and oxygen atoms in total. The number of hydrogen-bond acceptors (Lipinski definition) is 7. The average Bonchev–Trinajstić information content (AvgIpc) is 3.64. The molecule has 0 aliphatic carbocycles. The van der Waals surface area contributed by atoms with Gasteiger partial charge < -0.3 is 19.1 Å². The lowest BCUT2D eigenvalue weighted by atomic mass is 10.0. The molecule has 5 rings (SSSR count). The number of fused-ring (bicyclic) bond motifs is 1. The van der Waals surface area contributed by atoms with Crippen LogP contribution in [0.15, 0.2) is 64.9 Å². The number of carbonyl (C=O) groups excluding carboxylic acids is 1. The van der Waals surface area contributed by atoms with E-state index in [2.05, 4.69) is 0 Å². The van der Waals surface area contributed by atoms with Gasteiger partial charge in [0.2, 0.25) is 15.9 Å². The van der Waals surface area contributed by atoms with Crippen LogP contribution in [0.2, 0.25) is 5.02 Å². The number of thiophene rings is 1. The summed E-state index contributed by atoms with van der Waals surface area (Å²) in [6, 6.07) is 15.0. The standard InChI is InChI=1S/C28H31ClN2O6S2/c1-35-21-8-10-24(11-9-21)39(33,34)30(17-23-3-2-15-36-23)18-28(32)31-14-12-27-25(13-16-38-27)26(31)19-37-22-6-4-20(29)5-7-22/h4-11,13,16,23,26H,2-3,12,14-15,17-19H2,1H3/t23-,26+/m0/s1. The molecule has 0 saturated carbocycles. The molecule has 11 heteroatoms. The lowest BCUT2D eigenvalue weighted by molar-refractivity contribution is -0.135. The molecule has 0 spiro atoms. The first-order chi connectivity index (χ1) is 18.8. The first-order valence-corrected chi connectivity index (χ1v) is 15.5. The van der Waals surface area contributed by atoms with Gasteiger partial charge in [-0.15, -0.1) is 11.3 Å². The van der Waals surface area contributed by atoms with Crippen LogP contribution in [0.4, 0.5) is 0 Å². The largest absolute Gasteiger partial charge is 0.497 e. The van der Waals surface area contributed by atoms with Crippen LogP contribution in [0.3, 0.4) is 0 Å². The Hall–Kier alpha value is -2.63. The highest BCUT2D eigenvalue weighted by Gasteiger charge is 2.36. The average molecular weight is 591 g/mol. The third-order valence-corrected chi connectivity index (χ3v) is 10.2. The summed E-state index contributed by atoms with van der Waals surface area (Å²) in [6.07, 6.45) is 2.08. The number of carbonyl (C=O) groups is 1. The van der Waals surface area contributed by atoms with Gasteiger partial charge in [-0.3, -0.25) is 4.79 Å². The van der Waals surface area contributed by atoms with Crippen LogP contribution in [0.1, 0.15) is 29.3 Å². The van der Waals surface area contributed by atoms with Crippen molar-refractivity contribution in [2.45, 2.75) is 36.3 Å². The van der Waals surface area contributed by atoms with Gasteiger partial charge in [0.15, 0.2) is 0 Å². The topological polar surface area (TPSA) is 85.4 Å². The van der Waals surface area contributed by atoms with E-state index < -0.39 is 10.0 Å². The van der Waals surface area contributed by atoms with Gasteiger partial charge in [-0.1, -0.05) is 11.6 Å². The second-order valence-electron chi connectivity index (χ2n) is 9.53. The van der Waals surface area contributed by atoms with Crippen molar-refractivity contribution in [3.63, 3.8) is 0 Å². The molecule has 2 aromatic carbocycles. The minimum absolute atomic E-state index is 0.107. The van der Waals surface area contributed by atoms with E-state index in [1.165, 1.54) is 28.4 Å². The Morgan fingerprint density at radius 1 is 1.13 bits per heavy atom. The minimum Gasteiger partial charge on any atom is -0.497 e. The SMILES string of the molecule is COc1ccc(S(=O)(=O)N(CC(=O)N2CCc3sccc3[C@H]2COc2ccc(Cl)cc2)C[C@@H]2CCCO2)cc1. The zero-order valence-electron chi connectivity index (χ0n) is 21.6. The molecule has 0 unspecified atom stereocenters. The van der Waals surface area contributed by atoms with E-state index in [-0.39, 0.29) is 42.6 Å². The van der Waals surface area contributed by atoms with Gasteiger partial charge in [-0.25, -0.2) is 8.42 Å². The summed E-state index contributed by atoms with van der Waals surface area (Å²) in [4.78, 5) is 16.9. The van der Waals surface area contributed by atoms with Crippen LogP contribution in [-0.2, 0) is 26.0 Å². The van der Waals surface area contributed by atoms with Crippen molar-refractivity contribution in [3.05, 3.63) is 75.4 Å². The van der Waals surface area contributed by atoms with Crippen LogP contribution in [0.5, 0.6) is 11.5 Å². The minimum atomic E-state index is -3.97. The Kier molecular flexibility index (Phi) is 8.78. The number of benzene rings is 2. The number of hydrogen-bond donors (Lipinski definition) is 0. The maximum atomic E-state index is 13.8. The third-order valence-electron chi connectivity index (χ3n) is 7.08. The quantitative estimate of drug-likeness (QED) is 0.338. The lowest BCUT2D eigenvalue weighted by Crippen LogP contribution is -2.49. The van der Waals surface area contributed by atoms with Crippen LogP contribution in [0.25, 0.3) is 0 Å². The van der Waals surface area contributed by atoms with E-state index in [9.17, 15) is 13.2 Å². The molecule has 1 amide bonds. The molecule has 0 bridgehead atoms. The lowest BCUT2D eigenvalue weighted by Gasteiger charge is -2.37. The van der Waals surface area contributed by atoms with Crippen molar-refractivity contribution in [1.29, 1.82) is 0 Å². The van der Waals surface area contributed by atoms with E-state index >= 15 is 0 Å². The van der Waals surface area contributed by atoms with Crippen LogP contribution < -0.4 is 9.47 Å².